The Morgan fingerprint density at radius 3 is 2.30 bits per heavy atom. The third-order valence-electron chi connectivity index (χ3n) is 3.15. The summed E-state index contributed by atoms with van der Waals surface area (Å²) in [5.74, 6) is -1.17. The molecule has 0 aliphatic carbocycles. The fraction of sp³-hybridized carbons (Fsp3) is 0.500. The maximum atomic E-state index is 12.8. The van der Waals surface area contributed by atoms with Crippen molar-refractivity contribution in [2.24, 2.45) is 0 Å². The summed E-state index contributed by atoms with van der Waals surface area (Å²) in [4.78, 5) is 11.6. The Bertz CT molecular complexity index is 466. The fourth-order valence-corrected chi connectivity index (χ4v) is 2.28. The van der Waals surface area contributed by atoms with Crippen molar-refractivity contribution >= 4 is 5.97 Å². The average molecular weight is 289 g/mol. The van der Waals surface area contributed by atoms with Crippen molar-refractivity contribution < 1.29 is 23.1 Å². The van der Waals surface area contributed by atoms with Gasteiger partial charge in [-0.15, -0.1) is 0 Å². The SMILES string of the molecule is CCCC(NCC)(C(=O)O)c1cccc(C(F)(F)F)c1. The highest BCUT2D eigenvalue weighted by molar-refractivity contribution is 5.81. The van der Waals surface area contributed by atoms with Crippen LogP contribution in [0.4, 0.5) is 13.2 Å². The van der Waals surface area contributed by atoms with E-state index in [9.17, 15) is 23.1 Å². The first-order chi connectivity index (χ1) is 9.28. The van der Waals surface area contributed by atoms with E-state index in [1.54, 1.807) is 13.8 Å². The molecule has 1 aromatic rings. The van der Waals surface area contributed by atoms with Gasteiger partial charge in [-0.2, -0.15) is 13.2 Å². The zero-order chi connectivity index (χ0) is 15.4. The molecular formula is C14H18F3NO2. The number of alkyl halides is 3. The van der Waals surface area contributed by atoms with Crippen molar-refractivity contribution in [1.82, 2.24) is 5.32 Å². The molecule has 0 saturated heterocycles. The lowest BCUT2D eigenvalue weighted by molar-refractivity contribution is -0.146. The van der Waals surface area contributed by atoms with Gasteiger partial charge in [0.2, 0.25) is 0 Å². The van der Waals surface area contributed by atoms with E-state index in [0.29, 0.717) is 13.0 Å². The third-order valence-corrected chi connectivity index (χ3v) is 3.15. The van der Waals surface area contributed by atoms with Crippen LogP contribution in [-0.4, -0.2) is 17.6 Å². The zero-order valence-corrected chi connectivity index (χ0v) is 11.4. The van der Waals surface area contributed by atoms with Crippen LogP contribution in [0.2, 0.25) is 0 Å². The molecule has 1 atom stereocenters. The van der Waals surface area contributed by atoms with E-state index in [0.717, 1.165) is 12.1 Å². The molecule has 1 unspecified atom stereocenters. The molecule has 0 amide bonds. The molecule has 0 spiro atoms. The topological polar surface area (TPSA) is 49.3 Å². The first-order valence-electron chi connectivity index (χ1n) is 6.44. The lowest BCUT2D eigenvalue weighted by Crippen LogP contribution is -2.49. The number of carboxylic acid groups (broad SMARTS) is 1. The second-order valence-electron chi connectivity index (χ2n) is 4.57. The highest BCUT2D eigenvalue weighted by Gasteiger charge is 2.40. The van der Waals surface area contributed by atoms with Crippen molar-refractivity contribution in [2.75, 3.05) is 6.54 Å². The predicted molar refractivity (Wildman–Crippen MR) is 69.3 cm³/mol. The van der Waals surface area contributed by atoms with E-state index in [-0.39, 0.29) is 12.0 Å². The van der Waals surface area contributed by atoms with Crippen LogP contribution in [0.3, 0.4) is 0 Å². The predicted octanol–water partition coefficient (Wildman–Crippen LogP) is 3.39. The molecule has 6 heteroatoms. The monoisotopic (exact) mass is 289 g/mol. The molecule has 0 aliphatic rings. The van der Waals surface area contributed by atoms with Crippen molar-refractivity contribution in [3.63, 3.8) is 0 Å². The molecule has 3 nitrogen and oxygen atoms in total. The van der Waals surface area contributed by atoms with Crippen LogP contribution in [-0.2, 0) is 16.5 Å². The minimum Gasteiger partial charge on any atom is -0.480 e. The minimum atomic E-state index is -4.49. The van der Waals surface area contributed by atoms with Gasteiger partial charge < -0.3 is 5.11 Å². The van der Waals surface area contributed by atoms with Gasteiger partial charge in [0.1, 0.15) is 5.54 Å². The van der Waals surface area contributed by atoms with Crippen molar-refractivity contribution in [3.8, 4) is 0 Å². The molecule has 0 aliphatic heterocycles. The van der Waals surface area contributed by atoms with Crippen molar-refractivity contribution in [1.29, 1.82) is 0 Å². The summed E-state index contributed by atoms with van der Waals surface area (Å²) < 4.78 is 38.3. The maximum Gasteiger partial charge on any atom is 0.416 e. The quantitative estimate of drug-likeness (QED) is 0.844. The number of hydrogen-bond donors (Lipinski definition) is 2. The number of hydrogen-bond acceptors (Lipinski definition) is 2. The molecule has 0 saturated carbocycles. The first kappa shape index (κ1) is 16.5. The van der Waals surface area contributed by atoms with E-state index in [2.05, 4.69) is 5.32 Å². The number of nitrogens with one attached hydrogen (secondary N) is 1. The molecule has 1 aromatic carbocycles. The van der Waals surface area contributed by atoms with Gasteiger partial charge in [0, 0.05) is 0 Å². The van der Waals surface area contributed by atoms with E-state index >= 15 is 0 Å². The van der Waals surface area contributed by atoms with E-state index in [4.69, 9.17) is 0 Å². The molecule has 112 valence electrons. The number of rotatable bonds is 6. The summed E-state index contributed by atoms with van der Waals surface area (Å²) in [6.45, 7) is 3.87. The van der Waals surface area contributed by atoms with Gasteiger partial charge in [-0.05, 0) is 30.7 Å². The summed E-state index contributed by atoms with van der Waals surface area (Å²) in [5, 5.41) is 12.3. The summed E-state index contributed by atoms with van der Waals surface area (Å²) in [5.41, 5.74) is -2.19. The summed E-state index contributed by atoms with van der Waals surface area (Å²) >= 11 is 0. The summed E-state index contributed by atoms with van der Waals surface area (Å²) in [6, 6.07) is 4.50. The number of halogens is 3. The normalized spacial score (nSPS) is 14.8. The van der Waals surface area contributed by atoms with Gasteiger partial charge in [0.25, 0.3) is 0 Å². The highest BCUT2D eigenvalue weighted by atomic mass is 19.4. The van der Waals surface area contributed by atoms with Gasteiger partial charge in [-0.1, -0.05) is 32.4 Å². The van der Waals surface area contributed by atoms with E-state index < -0.39 is 23.2 Å². The van der Waals surface area contributed by atoms with Gasteiger partial charge in [-0.3, -0.25) is 5.32 Å². The van der Waals surface area contributed by atoms with Crippen LogP contribution < -0.4 is 5.32 Å². The van der Waals surface area contributed by atoms with Crippen LogP contribution in [0.25, 0.3) is 0 Å². The van der Waals surface area contributed by atoms with E-state index in [1.165, 1.54) is 12.1 Å². The second-order valence-corrected chi connectivity index (χ2v) is 4.57. The van der Waals surface area contributed by atoms with Crippen molar-refractivity contribution in [3.05, 3.63) is 35.4 Å². The third kappa shape index (κ3) is 3.30. The Morgan fingerprint density at radius 2 is 1.85 bits per heavy atom. The summed E-state index contributed by atoms with van der Waals surface area (Å²) in [6.07, 6.45) is -3.73. The Hall–Kier alpha value is -1.56. The number of aliphatic carboxylic acids is 1. The molecule has 0 fully saturated rings. The zero-order valence-electron chi connectivity index (χ0n) is 11.4. The lowest BCUT2D eigenvalue weighted by atomic mass is 9.84. The number of carboxylic acids is 1. The highest BCUT2D eigenvalue weighted by Crippen LogP contribution is 2.34. The largest absolute Gasteiger partial charge is 0.480 e. The Kier molecular flexibility index (Phi) is 5.16. The van der Waals surface area contributed by atoms with Crippen molar-refractivity contribution in [2.45, 2.75) is 38.4 Å². The molecule has 1 rings (SSSR count). The lowest BCUT2D eigenvalue weighted by Gasteiger charge is -2.31. The Morgan fingerprint density at radius 1 is 1.25 bits per heavy atom. The van der Waals surface area contributed by atoms with Gasteiger partial charge >= 0.3 is 12.1 Å². The fourth-order valence-electron chi connectivity index (χ4n) is 2.28. The second kappa shape index (κ2) is 6.26. The van der Waals surface area contributed by atoms with E-state index in [1.807, 2.05) is 0 Å². The summed E-state index contributed by atoms with van der Waals surface area (Å²) in [7, 11) is 0. The van der Waals surface area contributed by atoms with Gasteiger partial charge in [0.15, 0.2) is 0 Å². The molecule has 0 bridgehead atoms. The van der Waals surface area contributed by atoms with Crippen LogP contribution in [0, 0.1) is 0 Å². The van der Waals surface area contributed by atoms with Crippen LogP contribution >= 0.6 is 0 Å². The van der Waals surface area contributed by atoms with Crippen LogP contribution in [0.15, 0.2) is 24.3 Å². The molecular weight excluding hydrogens is 271 g/mol. The molecule has 0 radical (unpaired) electrons. The Labute approximate surface area is 115 Å². The first-order valence-corrected chi connectivity index (χ1v) is 6.44. The molecule has 2 N–H and O–H groups in total. The number of benzene rings is 1. The average Bonchev–Trinajstić information content (AvgIpc) is 2.37. The Balaban J connectivity index is 3.37. The molecule has 0 aromatic heterocycles. The number of likely N-dealkylation sites (N-methyl/N-ethyl adjacent to an activating group) is 1. The van der Waals surface area contributed by atoms with Gasteiger partial charge in [0.05, 0.1) is 5.56 Å². The standard InChI is InChI=1S/C14H18F3NO2/c1-3-8-13(12(19)20,18-4-2)10-6-5-7-11(9-10)14(15,16)17/h5-7,9,18H,3-4,8H2,1-2H3,(H,19,20). The molecule has 20 heavy (non-hydrogen) atoms. The maximum absolute atomic E-state index is 12.8. The van der Waals surface area contributed by atoms with Crippen LogP contribution in [0.1, 0.15) is 37.8 Å². The minimum absolute atomic E-state index is 0.128. The number of carbonyl (C=O) groups is 1. The van der Waals surface area contributed by atoms with Gasteiger partial charge in [-0.25, -0.2) is 4.79 Å². The smallest absolute Gasteiger partial charge is 0.416 e. The molecule has 0 heterocycles. The van der Waals surface area contributed by atoms with Crippen LogP contribution in [0.5, 0.6) is 0 Å².